The molecule has 3 heterocycles. The Bertz CT molecular complexity index is 1380. The van der Waals surface area contributed by atoms with Crippen molar-refractivity contribution in [3.8, 4) is 11.7 Å². The lowest BCUT2D eigenvalue weighted by Gasteiger charge is -2.22. The average molecular weight is 542 g/mol. The molecule has 0 radical (unpaired) electrons. The molecule has 198 valence electrons. The molecular weight excluding hydrogens is 518 g/mol. The van der Waals surface area contributed by atoms with Gasteiger partial charge in [0.25, 0.3) is 5.92 Å². The number of benzene rings is 1. The SMILES string of the molecule is COc1nn(-c2cnc(C(C)(F)F)cn2)cc1CCC(=O)[C@@H]1C[C@@H](F)CN1S(=O)(=O)c1ccc(F)cc1. The number of sulfonamides is 1. The number of hydrogen-bond acceptors (Lipinski definition) is 7. The van der Waals surface area contributed by atoms with E-state index in [1.54, 1.807) is 0 Å². The van der Waals surface area contributed by atoms with Crippen molar-refractivity contribution in [3.05, 3.63) is 59.9 Å². The van der Waals surface area contributed by atoms with Gasteiger partial charge < -0.3 is 4.74 Å². The summed E-state index contributed by atoms with van der Waals surface area (Å²) in [5.74, 6) is -4.01. The smallest absolute Gasteiger partial charge is 0.288 e. The number of halogens is 4. The third-order valence-electron chi connectivity index (χ3n) is 5.90. The average Bonchev–Trinajstić information content (AvgIpc) is 3.46. The van der Waals surface area contributed by atoms with E-state index in [1.807, 2.05) is 0 Å². The van der Waals surface area contributed by atoms with Crippen LogP contribution in [0.2, 0.25) is 0 Å². The van der Waals surface area contributed by atoms with E-state index in [2.05, 4.69) is 15.1 Å². The Labute approximate surface area is 210 Å². The van der Waals surface area contributed by atoms with Crippen molar-refractivity contribution in [1.82, 2.24) is 24.1 Å². The Balaban J connectivity index is 1.50. The van der Waals surface area contributed by atoms with Crippen LogP contribution in [0.5, 0.6) is 5.88 Å². The molecule has 0 N–H and O–H groups in total. The van der Waals surface area contributed by atoms with E-state index in [1.165, 1.54) is 18.0 Å². The lowest BCUT2D eigenvalue weighted by atomic mass is 10.0. The fourth-order valence-corrected chi connectivity index (χ4v) is 5.65. The number of nitrogens with zero attached hydrogens (tertiary/aromatic N) is 5. The summed E-state index contributed by atoms with van der Waals surface area (Å²) in [6, 6.07) is 2.85. The maximum absolute atomic E-state index is 14.3. The second kappa shape index (κ2) is 10.2. The maximum atomic E-state index is 14.3. The fourth-order valence-electron chi connectivity index (χ4n) is 4.00. The molecule has 0 spiro atoms. The highest BCUT2D eigenvalue weighted by molar-refractivity contribution is 7.89. The number of aryl methyl sites for hydroxylation is 1. The molecule has 1 fully saturated rings. The normalized spacial score (nSPS) is 18.8. The van der Waals surface area contributed by atoms with Gasteiger partial charge in [0.2, 0.25) is 15.9 Å². The molecule has 1 aromatic carbocycles. The zero-order chi connectivity index (χ0) is 27.0. The number of hydrogen-bond donors (Lipinski definition) is 0. The summed E-state index contributed by atoms with van der Waals surface area (Å²) < 4.78 is 87.6. The Morgan fingerprint density at radius 2 is 1.89 bits per heavy atom. The molecule has 1 aliphatic heterocycles. The summed E-state index contributed by atoms with van der Waals surface area (Å²) in [4.78, 5) is 20.4. The van der Waals surface area contributed by atoms with Crippen LogP contribution in [0.3, 0.4) is 0 Å². The van der Waals surface area contributed by atoms with Gasteiger partial charge in [-0.25, -0.2) is 31.8 Å². The first-order chi connectivity index (χ1) is 17.4. The number of rotatable bonds is 9. The molecule has 14 heteroatoms. The third-order valence-corrected chi connectivity index (χ3v) is 7.79. The van der Waals surface area contributed by atoms with Gasteiger partial charge in [0.05, 0.1) is 30.4 Å². The van der Waals surface area contributed by atoms with Crippen LogP contribution in [-0.4, -0.2) is 64.1 Å². The highest BCUT2D eigenvalue weighted by Gasteiger charge is 2.43. The molecule has 0 unspecified atom stereocenters. The highest BCUT2D eigenvalue weighted by Crippen LogP contribution is 2.30. The third kappa shape index (κ3) is 5.64. The van der Waals surface area contributed by atoms with Gasteiger partial charge in [0, 0.05) is 38.1 Å². The summed E-state index contributed by atoms with van der Waals surface area (Å²) in [5.41, 5.74) is -0.0469. The van der Waals surface area contributed by atoms with Gasteiger partial charge in [-0.3, -0.25) is 4.79 Å². The highest BCUT2D eigenvalue weighted by atomic mass is 32.2. The van der Waals surface area contributed by atoms with Crippen molar-refractivity contribution >= 4 is 15.8 Å². The van der Waals surface area contributed by atoms with Crippen molar-refractivity contribution in [2.45, 2.75) is 49.2 Å². The second-order valence-corrected chi connectivity index (χ2v) is 10.5. The largest absolute Gasteiger partial charge is 0.480 e. The van der Waals surface area contributed by atoms with Crippen LogP contribution in [0.15, 0.2) is 47.8 Å². The van der Waals surface area contributed by atoms with E-state index in [4.69, 9.17) is 4.74 Å². The van der Waals surface area contributed by atoms with E-state index < -0.39 is 52.0 Å². The molecule has 0 saturated carbocycles. The first-order valence-electron chi connectivity index (χ1n) is 11.2. The van der Waals surface area contributed by atoms with Gasteiger partial charge in [-0.2, -0.15) is 13.1 Å². The van der Waals surface area contributed by atoms with E-state index in [-0.39, 0.29) is 35.9 Å². The Hall–Kier alpha value is -3.39. The molecule has 2 aromatic heterocycles. The summed E-state index contributed by atoms with van der Waals surface area (Å²) >= 11 is 0. The summed E-state index contributed by atoms with van der Waals surface area (Å²) in [5, 5.41) is 4.18. The predicted octanol–water partition coefficient (Wildman–Crippen LogP) is 3.22. The second-order valence-electron chi connectivity index (χ2n) is 8.60. The number of alkyl halides is 3. The Morgan fingerprint density at radius 1 is 1.19 bits per heavy atom. The monoisotopic (exact) mass is 541 g/mol. The first-order valence-corrected chi connectivity index (χ1v) is 12.6. The van der Waals surface area contributed by atoms with Gasteiger partial charge in [-0.05, 0) is 30.7 Å². The molecule has 0 aliphatic carbocycles. The number of Topliss-reactive ketones (excluding diaryl/α,β-unsaturated/α-hetero) is 1. The molecule has 9 nitrogen and oxygen atoms in total. The number of aromatic nitrogens is 4. The molecule has 3 aromatic rings. The fraction of sp³-hybridized carbons (Fsp3) is 0.391. The van der Waals surface area contributed by atoms with E-state index in [0.29, 0.717) is 12.5 Å². The molecule has 4 rings (SSSR count). The molecule has 0 amide bonds. The number of methoxy groups -OCH3 is 1. The van der Waals surface area contributed by atoms with Gasteiger partial charge in [-0.15, -0.1) is 5.10 Å². The van der Waals surface area contributed by atoms with E-state index in [9.17, 15) is 30.8 Å². The molecule has 2 atom stereocenters. The molecular formula is C23H23F4N5O4S. The standard InChI is InChI=1S/C23H23F4N5O4S/c1-23(26,27)20-10-29-21(11-28-20)31-12-14(22(30-31)36-2)3-8-19(33)18-9-16(25)13-32(18)37(34,35)17-6-4-15(24)5-7-17/h4-7,10-12,16,18H,3,8-9,13H2,1-2H3/t16-,18+/m1/s1. The summed E-state index contributed by atoms with van der Waals surface area (Å²) in [6.07, 6.45) is 1.64. The van der Waals surface area contributed by atoms with Gasteiger partial charge in [0.15, 0.2) is 11.6 Å². The zero-order valence-corrected chi connectivity index (χ0v) is 20.6. The zero-order valence-electron chi connectivity index (χ0n) is 19.8. The molecule has 1 saturated heterocycles. The van der Waals surface area contributed by atoms with Gasteiger partial charge >= 0.3 is 0 Å². The lowest BCUT2D eigenvalue weighted by molar-refractivity contribution is -0.122. The van der Waals surface area contributed by atoms with Crippen LogP contribution in [0.1, 0.15) is 31.0 Å². The number of ether oxygens (including phenoxy) is 1. The van der Waals surface area contributed by atoms with E-state index in [0.717, 1.165) is 41.0 Å². The molecule has 37 heavy (non-hydrogen) atoms. The van der Waals surface area contributed by atoms with Crippen molar-refractivity contribution in [3.63, 3.8) is 0 Å². The summed E-state index contributed by atoms with van der Waals surface area (Å²) in [7, 11) is -2.88. The Morgan fingerprint density at radius 3 is 2.49 bits per heavy atom. The molecule has 0 bridgehead atoms. The van der Waals surface area contributed by atoms with Crippen molar-refractivity contribution in [1.29, 1.82) is 0 Å². The summed E-state index contributed by atoms with van der Waals surface area (Å²) in [6.45, 7) is 0.215. The van der Waals surface area contributed by atoms with Crippen LogP contribution < -0.4 is 4.74 Å². The van der Waals surface area contributed by atoms with Crippen LogP contribution in [0, 0.1) is 5.82 Å². The minimum atomic E-state index is -4.23. The molecule has 1 aliphatic rings. The minimum Gasteiger partial charge on any atom is -0.480 e. The van der Waals surface area contributed by atoms with Crippen LogP contribution in [0.25, 0.3) is 5.82 Å². The first kappa shape index (κ1) is 26.7. The number of carbonyl (C=O) groups is 1. The lowest BCUT2D eigenvalue weighted by Crippen LogP contribution is -2.40. The topological polar surface area (TPSA) is 107 Å². The van der Waals surface area contributed by atoms with Crippen molar-refractivity contribution in [2.75, 3.05) is 13.7 Å². The maximum Gasteiger partial charge on any atom is 0.288 e. The Kier molecular flexibility index (Phi) is 7.33. The van der Waals surface area contributed by atoms with Crippen LogP contribution >= 0.6 is 0 Å². The number of ketones is 1. The predicted molar refractivity (Wildman–Crippen MR) is 122 cm³/mol. The van der Waals surface area contributed by atoms with Gasteiger partial charge in [-0.1, -0.05) is 0 Å². The minimum absolute atomic E-state index is 0.0818. The van der Waals surface area contributed by atoms with Crippen molar-refractivity contribution in [2.24, 2.45) is 0 Å². The van der Waals surface area contributed by atoms with Crippen LogP contribution in [0.4, 0.5) is 17.6 Å². The van der Waals surface area contributed by atoms with Crippen LogP contribution in [-0.2, 0) is 27.2 Å². The quantitative estimate of drug-likeness (QED) is 0.383. The van der Waals surface area contributed by atoms with E-state index >= 15 is 0 Å². The van der Waals surface area contributed by atoms with Crippen molar-refractivity contribution < 1.29 is 35.5 Å². The van der Waals surface area contributed by atoms with Gasteiger partial charge in [0.1, 0.15) is 17.7 Å². The number of carbonyl (C=O) groups excluding carboxylic acids is 1.